The van der Waals surface area contributed by atoms with E-state index in [1.54, 1.807) is 6.33 Å². The molecule has 0 radical (unpaired) electrons. The molecule has 2 heterocycles. The Kier molecular flexibility index (Phi) is 6.41. The van der Waals surface area contributed by atoms with Gasteiger partial charge in [0.1, 0.15) is 30.3 Å². The third-order valence-corrected chi connectivity index (χ3v) is 6.75. The van der Waals surface area contributed by atoms with E-state index in [0.29, 0.717) is 18.5 Å². The molecule has 0 aliphatic carbocycles. The molecule has 2 N–H and O–H groups in total. The summed E-state index contributed by atoms with van der Waals surface area (Å²) >= 11 is 0. The molecule has 0 saturated heterocycles. The van der Waals surface area contributed by atoms with Crippen LogP contribution in [-0.4, -0.2) is 22.6 Å². The Morgan fingerprint density at radius 1 is 1.00 bits per heavy atom. The second-order valence-electron chi connectivity index (χ2n) is 9.44. The van der Waals surface area contributed by atoms with E-state index in [4.69, 9.17) is 10.5 Å². The van der Waals surface area contributed by atoms with E-state index in [2.05, 4.69) is 90.2 Å². The SMILES string of the molecule is Cc1ccccc1COc1ccc2cc(/C3=C\CCCN(C(C)C)c4ncnc(N)c43)ccc2c1. The average molecular weight is 465 g/mol. The second kappa shape index (κ2) is 9.79. The number of anilines is 2. The van der Waals surface area contributed by atoms with E-state index in [0.717, 1.165) is 58.4 Å². The minimum absolute atomic E-state index is 0.331. The number of nitrogens with two attached hydrogens (primary N) is 1. The van der Waals surface area contributed by atoms with Crippen molar-refractivity contribution in [2.75, 3.05) is 17.2 Å². The summed E-state index contributed by atoms with van der Waals surface area (Å²) in [4.78, 5) is 11.3. The highest BCUT2D eigenvalue weighted by Crippen LogP contribution is 2.37. The Morgan fingerprint density at radius 2 is 1.80 bits per heavy atom. The second-order valence-corrected chi connectivity index (χ2v) is 9.44. The first kappa shape index (κ1) is 22.9. The van der Waals surface area contributed by atoms with E-state index in [9.17, 15) is 0 Å². The van der Waals surface area contributed by atoms with Gasteiger partial charge in [-0.15, -0.1) is 0 Å². The predicted molar refractivity (Wildman–Crippen MR) is 145 cm³/mol. The maximum absolute atomic E-state index is 6.44. The van der Waals surface area contributed by atoms with Crippen LogP contribution in [0.25, 0.3) is 16.3 Å². The van der Waals surface area contributed by atoms with Crippen LogP contribution < -0.4 is 15.4 Å². The summed E-state index contributed by atoms with van der Waals surface area (Å²) in [5, 5.41) is 2.30. The first-order valence-electron chi connectivity index (χ1n) is 12.3. The van der Waals surface area contributed by atoms with Crippen molar-refractivity contribution in [1.29, 1.82) is 0 Å². The minimum Gasteiger partial charge on any atom is -0.489 e. The summed E-state index contributed by atoms with van der Waals surface area (Å²) in [5.74, 6) is 2.31. The molecule has 0 amide bonds. The largest absolute Gasteiger partial charge is 0.489 e. The molecule has 0 unspecified atom stereocenters. The number of rotatable bonds is 5. The van der Waals surface area contributed by atoms with Crippen LogP contribution in [0.3, 0.4) is 0 Å². The van der Waals surface area contributed by atoms with E-state index in [-0.39, 0.29) is 0 Å². The normalized spacial score (nSPS) is 15.3. The molecule has 1 aliphatic rings. The van der Waals surface area contributed by atoms with E-state index >= 15 is 0 Å². The Morgan fingerprint density at radius 3 is 2.63 bits per heavy atom. The Bertz CT molecular complexity index is 1390. The van der Waals surface area contributed by atoms with E-state index in [1.165, 1.54) is 11.1 Å². The fraction of sp³-hybridized carbons (Fsp3) is 0.267. The van der Waals surface area contributed by atoms with Crippen molar-refractivity contribution in [3.63, 3.8) is 0 Å². The lowest BCUT2D eigenvalue weighted by Crippen LogP contribution is -2.34. The van der Waals surface area contributed by atoms with Gasteiger partial charge in [-0.25, -0.2) is 9.97 Å². The van der Waals surface area contributed by atoms with Gasteiger partial charge in [0.05, 0.1) is 5.56 Å². The van der Waals surface area contributed by atoms with Crippen LogP contribution in [0.1, 0.15) is 48.9 Å². The first-order valence-corrected chi connectivity index (χ1v) is 12.3. The summed E-state index contributed by atoms with van der Waals surface area (Å²) in [6.45, 7) is 8.02. The first-order chi connectivity index (χ1) is 17.0. The maximum atomic E-state index is 6.44. The van der Waals surface area contributed by atoms with Gasteiger partial charge in [-0.05, 0) is 84.8 Å². The lowest BCUT2D eigenvalue weighted by Gasteiger charge is -2.31. The number of hydrogen-bond donors (Lipinski definition) is 1. The zero-order valence-corrected chi connectivity index (χ0v) is 20.7. The molecule has 1 aliphatic heterocycles. The molecule has 1 aromatic heterocycles. The Labute approximate surface area is 207 Å². The highest BCUT2D eigenvalue weighted by molar-refractivity contribution is 5.94. The summed E-state index contributed by atoms with van der Waals surface area (Å²) in [5.41, 5.74) is 12.0. The zero-order valence-electron chi connectivity index (χ0n) is 20.7. The highest BCUT2D eigenvalue weighted by atomic mass is 16.5. The van der Waals surface area contributed by atoms with Crippen molar-refractivity contribution in [3.8, 4) is 5.75 Å². The molecular weight excluding hydrogens is 432 g/mol. The minimum atomic E-state index is 0.331. The molecule has 0 fully saturated rings. The number of aromatic nitrogens is 2. The van der Waals surface area contributed by atoms with Crippen LogP contribution in [0.2, 0.25) is 0 Å². The topological polar surface area (TPSA) is 64.3 Å². The number of ether oxygens (including phenoxy) is 1. The van der Waals surface area contributed by atoms with Crippen molar-refractivity contribution in [2.24, 2.45) is 0 Å². The molecule has 35 heavy (non-hydrogen) atoms. The summed E-state index contributed by atoms with van der Waals surface area (Å²) in [6.07, 6.45) is 5.91. The fourth-order valence-corrected chi connectivity index (χ4v) is 4.76. The van der Waals surface area contributed by atoms with Gasteiger partial charge in [-0.2, -0.15) is 0 Å². The molecule has 0 bridgehead atoms. The van der Waals surface area contributed by atoms with Crippen molar-refractivity contribution in [2.45, 2.75) is 46.3 Å². The van der Waals surface area contributed by atoms with Crippen LogP contribution in [0.5, 0.6) is 5.75 Å². The number of nitrogen functional groups attached to an aromatic ring is 1. The van der Waals surface area contributed by atoms with Crippen molar-refractivity contribution >= 4 is 28.0 Å². The van der Waals surface area contributed by atoms with Gasteiger partial charge < -0.3 is 15.4 Å². The Balaban J connectivity index is 1.48. The van der Waals surface area contributed by atoms with Crippen molar-refractivity contribution < 1.29 is 4.74 Å². The number of allylic oxidation sites excluding steroid dienone is 1. The van der Waals surface area contributed by atoms with E-state index < -0.39 is 0 Å². The van der Waals surface area contributed by atoms with Gasteiger partial charge in [0.15, 0.2) is 0 Å². The van der Waals surface area contributed by atoms with Gasteiger partial charge in [0, 0.05) is 12.6 Å². The third-order valence-electron chi connectivity index (χ3n) is 6.75. The number of hydrogen-bond acceptors (Lipinski definition) is 5. The molecule has 5 rings (SSSR count). The van der Waals surface area contributed by atoms with Gasteiger partial charge in [0.25, 0.3) is 0 Å². The fourth-order valence-electron chi connectivity index (χ4n) is 4.76. The molecule has 178 valence electrons. The smallest absolute Gasteiger partial charge is 0.142 e. The number of aryl methyl sites for hydroxylation is 1. The molecule has 4 aromatic rings. The standard InChI is InChI=1S/C30H32N4O/c1-20(2)34-15-7-6-10-27(28-29(31)32-19-33-30(28)34)24-12-11-23-17-26(14-13-22(23)16-24)35-18-25-9-5-4-8-21(25)3/h4-5,8-14,16-17,19-20H,6-7,15,18H2,1-3H3,(H2,31,32,33)/b27-10+. The number of nitrogens with zero attached hydrogens (tertiary/aromatic N) is 3. The van der Waals surface area contributed by atoms with Crippen molar-refractivity contribution in [1.82, 2.24) is 9.97 Å². The average Bonchev–Trinajstić information content (AvgIpc) is 2.84. The van der Waals surface area contributed by atoms with Crippen LogP contribution in [0.15, 0.2) is 73.1 Å². The van der Waals surface area contributed by atoms with Gasteiger partial charge >= 0.3 is 0 Å². The van der Waals surface area contributed by atoms with Crippen LogP contribution >= 0.6 is 0 Å². The van der Waals surface area contributed by atoms with Crippen LogP contribution in [0.4, 0.5) is 11.6 Å². The molecule has 5 nitrogen and oxygen atoms in total. The summed E-state index contributed by atoms with van der Waals surface area (Å²) < 4.78 is 6.10. The van der Waals surface area contributed by atoms with Gasteiger partial charge in [-0.3, -0.25) is 0 Å². The van der Waals surface area contributed by atoms with Gasteiger partial charge in [0.2, 0.25) is 0 Å². The zero-order chi connectivity index (χ0) is 24.4. The molecule has 0 saturated carbocycles. The third kappa shape index (κ3) is 4.72. The van der Waals surface area contributed by atoms with Crippen LogP contribution in [-0.2, 0) is 6.61 Å². The van der Waals surface area contributed by atoms with Crippen molar-refractivity contribution in [3.05, 3.63) is 95.3 Å². The Hall–Kier alpha value is -3.86. The monoisotopic (exact) mass is 464 g/mol. The summed E-state index contributed by atoms with van der Waals surface area (Å²) in [6, 6.07) is 21.5. The molecular formula is C30H32N4O. The lowest BCUT2D eigenvalue weighted by molar-refractivity contribution is 0.306. The number of fused-ring (bicyclic) bond motifs is 2. The van der Waals surface area contributed by atoms with Gasteiger partial charge in [-0.1, -0.05) is 48.5 Å². The number of benzene rings is 3. The highest BCUT2D eigenvalue weighted by Gasteiger charge is 2.23. The van der Waals surface area contributed by atoms with Crippen LogP contribution in [0, 0.1) is 6.92 Å². The summed E-state index contributed by atoms with van der Waals surface area (Å²) in [7, 11) is 0. The quantitative estimate of drug-likeness (QED) is 0.363. The maximum Gasteiger partial charge on any atom is 0.142 e. The lowest BCUT2D eigenvalue weighted by atomic mass is 9.93. The molecule has 3 aromatic carbocycles. The predicted octanol–water partition coefficient (Wildman–Crippen LogP) is 6.54. The molecule has 0 atom stereocenters. The van der Waals surface area contributed by atoms with E-state index in [1.807, 2.05) is 12.1 Å². The molecule has 0 spiro atoms. The molecule has 5 heteroatoms.